The van der Waals surface area contributed by atoms with Crippen molar-refractivity contribution >= 4 is 5.97 Å². The summed E-state index contributed by atoms with van der Waals surface area (Å²) in [5, 5.41) is 8.60. The number of rotatable bonds is 4. The predicted octanol–water partition coefficient (Wildman–Crippen LogP) is 3.62. The third-order valence-corrected chi connectivity index (χ3v) is 3.22. The molecule has 0 aliphatic heterocycles. The summed E-state index contributed by atoms with van der Waals surface area (Å²) in [5.74, 6) is -0.0427. The SMILES string of the molecule is CC(C)(/C=C/C(=O)O)CC1CCCCC1. The summed E-state index contributed by atoms with van der Waals surface area (Å²) in [6, 6.07) is 0. The van der Waals surface area contributed by atoms with Crippen LogP contribution in [0.3, 0.4) is 0 Å². The van der Waals surface area contributed by atoms with Crippen molar-refractivity contribution in [2.45, 2.75) is 52.4 Å². The molecule has 0 heterocycles. The highest BCUT2D eigenvalue weighted by Crippen LogP contribution is 2.35. The molecule has 0 amide bonds. The van der Waals surface area contributed by atoms with Crippen molar-refractivity contribution in [3.05, 3.63) is 12.2 Å². The summed E-state index contributed by atoms with van der Waals surface area (Å²) >= 11 is 0. The molecule has 0 unspecified atom stereocenters. The molecule has 0 bridgehead atoms. The van der Waals surface area contributed by atoms with Gasteiger partial charge in [0.05, 0.1) is 0 Å². The Labute approximate surface area is 92.4 Å². The third-order valence-electron chi connectivity index (χ3n) is 3.22. The second-order valence-electron chi connectivity index (χ2n) is 5.37. The van der Waals surface area contributed by atoms with Crippen molar-refractivity contribution in [2.24, 2.45) is 11.3 Å². The standard InChI is InChI=1S/C13H22O2/c1-13(2,9-8-12(14)15)10-11-6-4-3-5-7-11/h8-9,11H,3-7,10H2,1-2H3,(H,14,15)/b9-8+. The number of aliphatic carboxylic acids is 1. The molecule has 0 atom stereocenters. The van der Waals surface area contributed by atoms with Gasteiger partial charge in [-0.3, -0.25) is 0 Å². The Kier molecular flexibility index (Phi) is 4.37. The van der Waals surface area contributed by atoms with Gasteiger partial charge in [-0.1, -0.05) is 52.0 Å². The van der Waals surface area contributed by atoms with Gasteiger partial charge in [0.2, 0.25) is 0 Å². The summed E-state index contributed by atoms with van der Waals surface area (Å²) < 4.78 is 0. The summed E-state index contributed by atoms with van der Waals surface area (Å²) in [7, 11) is 0. The maximum atomic E-state index is 10.5. The summed E-state index contributed by atoms with van der Waals surface area (Å²) in [6.45, 7) is 4.25. The maximum absolute atomic E-state index is 10.5. The molecule has 1 rings (SSSR count). The van der Waals surface area contributed by atoms with E-state index in [9.17, 15) is 4.79 Å². The van der Waals surface area contributed by atoms with Gasteiger partial charge >= 0.3 is 5.97 Å². The molecule has 1 N–H and O–H groups in total. The lowest BCUT2D eigenvalue weighted by Gasteiger charge is -2.29. The van der Waals surface area contributed by atoms with Crippen LogP contribution in [-0.2, 0) is 4.79 Å². The molecule has 2 nitrogen and oxygen atoms in total. The monoisotopic (exact) mass is 210 g/mol. The minimum atomic E-state index is -0.841. The lowest BCUT2D eigenvalue weighted by atomic mass is 9.76. The van der Waals surface area contributed by atoms with Crippen LogP contribution in [-0.4, -0.2) is 11.1 Å². The Hall–Kier alpha value is -0.790. The highest BCUT2D eigenvalue weighted by atomic mass is 16.4. The first-order valence-electron chi connectivity index (χ1n) is 5.92. The zero-order valence-corrected chi connectivity index (χ0v) is 9.83. The van der Waals surface area contributed by atoms with Crippen LogP contribution in [0.15, 0.2) is 12.2 Å². The fourth-order valence-electron chi connectivity index (χ4n) is 2.50. The highest BCUT2D eigenvalue weighted by molar-refractivity contribution is 5.79. The van der Waals surface area contributed by atoms with Crippen LogP contribution in [0.5, 0.6) is 0 Å². The minimum Gasteiger partial charge on any atom is -0.478 e. The van der Waals surface area contributed by atoms with E-state index in [1.807, 2.05) is 6.08 Å². The molecule has 0 aromatic carbocycles. The minimum absolute atomic E-state index is 0.0282. The number of hydrogen-bond donors (Lipinski definition) is 1. The number of carboxylic acids is 1. The van der Waals surface area contributed by atoms with Crippen LogP contribution < -0.4 is 0 Å². The molecule has 1 aliphatic rings. The van der Waals surface area contributed by atoms with E-state index in [0.717, 1.165) is 12.3 Å². The zero-order chi connectivity index (χ0) is 11.3. The van der Waals surface area contributed by atoms with Crippen molar-refractivity contribution in [1.82, 2.24) is 0 Å². The number of allylic oxidation sites excluding steroid dienone is 1. The molecule has 15 heavy (non-hydrogen) atoms. The van der Waals surface area contributed by atoms with E-state index in [1.54, 1.807) is 0 Å². The average molecular weight is 210 g/mol. The van der Waals surface area contributed by atoms with Gasteiger partial charge in [-0.15, -0.1) is 0 Å². The van der Waals surface area contributed by atoms with Gasteiger partial charge in [-0.05, 0) is 17.8 Å². The first-order valence-corrected chi connectivity index (χ1v) is 5.92. The van der Waals surface area contributed by atoms with Gasteiger partial charge < -0.3 is 5.11 Å². The van der Waals surface area contributed by atoms with Crippen molar-refractivity contribution in [1.29, 1.82) is 0 Å². The van der Waals surface area contributed by atoms with Crippen LogP contribution >= 0.6 is 0 Å². The molecular formula is C13H22O2. The Balaban J connectivity index is 2.43. The van der Waals surface area contributed by atoms with E-state index in [-0.39, 0.29) is 5.41 Å². The first-order chi connectivity index (χ1) is 6.99. The number of carbonyl (C=O) groups is 1. The Morgan fingerprint density at radius 2 is 1.93 bits per heavy atom. The fraction of sp³-hybridized carbons (Fsp3) is 0.769. The molecular weight excluding hydrogens is 188 g/mol. The second-order valence-corrected chi connectivity index (χ2v) is 5.37. The topological polar surface area (TPSA) is 37.3 Å². The molecule has 0 aromatic heterocycles. The molecule has 2 heteroatoms. The van der Waals surface area contributed by atoms with E-state index in [2.05, 4.69) is 13.8 Å². The second kappa shape index (κ2) is 5.34. The quantitative estimate of drug-likeness (QED) is 0.719. The molecule has 1 aliphatic carbocycles. The number of hydrogen-bond acceptors (Lipinski definition) is 1. The molecule has 0 aromatic rings. The smallest absolute Gasteiger partial charge is 0.327 e. The third kappa shape index (κ3) is 5.01. The summed E-state index contributed by atoms with van der Waals surface area (Å²) in [6.07, 6.45) is 11.0. The molecule has 1 fully saturated rings. The van der Waals surface area contributed by atoms with E-state index in [1.165, 1.54) is 38.2 Å². The maximum Gasteiger partial charge on any atom is 0.327 e. The van der Waals surface area contributed by atoms with E-state index >= 15 is 0 Å². The fourth-order valence-corrected chi connectivity index (χ4v) is 2.50. The van der Waals surface area contributed by atoms with Gasteiger partial charge in [0, 0.05) is 6.08 Å². The van der Waals surface area contributed by atoms with Crippen molar-refractivity contribution in [3.8, 4) is 0 Å². The van der Waals surface area contributed by atoms with Crippen LogP contribution in [0.4, 0.5) is 0 Å². The van der Waals surface area contributed by atoms with Gasteiger partial charge in [0.25, 0.3) is 0 Å². The first kappa shape index (κ1) is 12.3. The molecule has 0 radical (unpaired) electrons. The van der Waals surface area contributed by atoms with Crippen LogP contribution in [0.1, 0.15) is 52.4 Å². The lowest BCUT2D eigenvalue weighted by Crippen LogP contribution is -2.17. The highest BCUT2D eigenvalue weighted by Gasteiger charge is 2.22. The Morgan fingerprint density at radius 3 is 2.47 bits per heavy atom. The molecule has 1 saturated carbocycles. The average Bonchev–Trinajstić information content (AvgIpc) is 2.16. The van der Waals surface area contributed by atoms with Gasteiger partial charge in [-0.2, -0.15) is 0 Å². The van der Waals surface area contributed by atoms with Gasteiger partial charge in [-0.25, -0.2) is 4.79 Å². The molecule has 0 spiro atoms. The molecule has 86 valence electrons. The van der Waals surface area contributed by atoms with Crippen LogP contribution in [0.25, 0.3) is 0 Å². The predicted molar refractivity (Wildman–Crippen MR) is 61.7 cm³/mol. The number of carboxylic acid groups (broad SMARTS) is 1. The van der Waals surface area contributed by atoms with Crippen LogP contribution in [0, 0.1) is 11.3 Å². The normalized spacial score (nSPS) is 19.6. The van der Waals surface area contributed by atoms with Gasteiger partial charge in [0.15, 0.2) is 0 Å². The van der Waals surface area contributed by atoms with Gasteiger partial charge in [0.1, 0.15) is 0 Å². The van der Waals surface area contributed by atoms with E-state index in [4.69, 9.17) is 5.11 Å². The Bertz CT molecular complexity index is 235. The van der Waals surface area contributed by atoms with Crippen molar-refractivity contribution in [3.63, 3.8) is 0 Å². The Morgan fingerprint density at radius 1 is 1.33 bits per heavy atom. The van der Waals surface area contributed by atoms with Crippen molar-refractivity contribution < 1.29 is 9.90 Å². The summed E-state index contributed by atoms with van der Waals surface area (Å²) in [5.41, 5.74) is 0.0282. The summed E-state index contributed by atoms with van der Waals surface area (Å²) in [4.78, 5) is 10.5. The van der Waals surface area contributed by atoms with Crippen LogP contribution in [0.2, 0.25) is 0 Å². The lowest BCUT2D eigenvalue weighted by molar-refractivity contribution is -0.131. The van der Waals surface area contributed by atoms with E-state index < -0.39 is 5.97 Å². The molecule has 0 saturated heterocycles. The zero-order valence-electron chi connectivity index (χ0n) is 9.83. The van der Waals surface area contributed by atoms with Crippen molar-refractivity contribution in [2.75, 3.05) is 0 Å². The van der Waals surface area contributed by atoms with E-state index in [0.29, 0.717) is 0 Å². The largest absolute Gasteiger partial charge is 0.478 e.